The summed E-state index contributed by atoms with van der Waals surface area (Å²) in [6, 6.07) is 9.36. The van der Waals surface area contributed by atoms with E-state index in [1.165, 1.54) is 0 Å². The topological polar surface area (TPSA) is 92.3 Å². The van der Waals surface area contributed by atoms with E-state index in [1.54, 1.807) is 13.3 Å². The number of hydrogen-bond donors (Lipinski definition) is 2. The van der Waals surface area contributed by atoms with E-state index >= 15 is 0 Å². The van der Waals surface area contributed by atoms with Crippen LogP contribution >= 0.6 is 11.6 Å². The number of benzene rings is 1. The number of likely N-dealkylation sites (tertiary alicyclic amines) is 1. The van der Waals surface area contributed by atoms with Crippen molar-refractivity contribution in [3.8, 4) is 0 Å². The Balaban J connectivity index is 2.38. The molecule has 0 radical (unpaired) electrons. The summed E-state index contributed by atoms with van der Waals surface area (Å²) in [4.78, 5) is 24.6. The summed E-state index contributed by atoms with van der Waals surface area (Å²) >= 11 is 6.81. The highest BCUT2D eigenvalue weighted by Gasteiger charge is 2.27. The Morgan fingerprint density at radius 1 is 1.33 bits per heavy atom. The van der Waals surface area contributed by atoms with Crippen molar-refractivity contribution >= 4 is 35.2 Å². The van der Waals surface area contributed by atoms with Crippen LogP contribution in [0.4, 0.5) is 5.69 Å². The molecule has 1 saturated heterocycles. The number of piperidine rings is 1. The maximum Gasteiger partial charge on any atom is 0.229 e. The van der Waals surface area contributed by atoms with Crippen LogP contribution in [-0.2, 0) is 9.53 Å². The Hall–Kier alpha value is -2.74. The van der Waals surface area contributed by atoms with Gasteiger partial charge in [0.2, 0.25) is 5.91 Å². The van der Waals surface area contributed by atoms with Crippen molar-refractivity contribution < 1.29 is 9.53 Å². The Bertz CT molecular complexity index is 985. The largest absolute Gasteiger partial charge is 0.397 e. The second-order valence-corrected chi connectivity index (χ2v) is 9.15. The van der Waals surface area contributed by atoms with Gasteiger partial charge in [-0.15, -0.1) is 0 Å². The normalized spacial score (nSPS) is 18.3. The second kappa shape index (κ2) is 16.1. The van der Waals surface area contributed by atoms with Crippen LogP contribution < -0.4 is 11.1 Å². The summed E-state index contributed by atoms with van der Waals surface area (Å²) in [6.07, 6.45) is 7.89. The predicted molar refractivity (Wildman–Crippen MR) is 151 cm³/mol. The number of methoxy groups -OCH3 is 1. The minimum atomic E-state index is -0.174. The molecule has 1 aliphatic heterocycles. The maximum atomic E-state index is 13.3. The number of aliphatic imine (C=N–C) groups is 2. The van der Waals surface area contributed by atoms with E-state index in [2.05, 4.69) is 33.7 Å². The smallest absolute Gasteiger partial charge is 0.229 e. The number of halogens is 1. The molecule has 1 atom stereocenters. The molecule has 0 bridgehead atoms. The molecule has 3 N–H and O–H groups in total. The van der Waals surface area contributed by atoms with Crippen LogP contribution in [0.25, 0.3) is 0 Å². The molecule has 1 aromatic carbocycles. The number of nitrogens with zero attached hydrogens (tertiary/aromatic N) is 3. The van der Waals surface area contributed by atoms with Gasteiger partial charge in [0.05, 0.1) is 23.9 Å². The molecule has 0 aliphatic carbocycles. The van der Waals surface area contributed by atoms with Crippen LogP contribution in [0.5, 0.6) is 0 Å². The van der Waals surface area contributed by atoms with E-state index in [9.17, 15) is 4.79 Å². The number of ether oxygens (including phenoxy) is 1. The van der Waals surface area contributed by atoms with Crippen molar-refractivity contribution in [1.82, 2.24) is 10.2 Å². The quantitative estimate of drug-likeness (QED) is 0.225. The van der Waals surface area contributed by atoms with E-state index in [-0.39, 0.29) is 22.7 Å². The van der Waals surface area contributed by atoms with Crippen LogP contribution in [0.15, 0.2) is 75.0 Å². The summed E-state index contributed by atoms with van der Waals surface area (Å²) in [7, 11) is 1.69. The van der Waals surface area contributed by atoms with Crippen molar-refractivity contribution in [2.24, 2.45) is 21.6 Å². The molecule has 1 aliphatic rings. The lowest BCUT2D eigenvalue weighted by molar-refractivity contribution is -0.125. The number of nitrogens with two attached hydrogens (primary N) is 1. The van der Waals surface area contributed by atoms with Crippen LogP contribution in [-0.4, -0.2) is 56.2 Å². The summed E-state index contributed by atoms with van der Waals surface area (Å²) in [5, 5.41) is 3.15. The summed E-state index contributed by atoms with van der Waals surface area (Å²) in [6.45, 7) is 11.1. The first-order valence-electron chi connectivity index (χ1n) is 12.6. The zero-order chi connectivity index (χ0) is 26.3. The molecular weight excluding hydrogens is 474 g/mol. The lowest BCUT2D eigenvalue weighted by atomic mass is 9.97. The fourth-order valence-electron chi connectivity index (χ4n) is 3.71. The number of amidine groups is 1. The van der Waals surface area contributed by atoms with E-state index < -0.39 is 0 Å². The SMILES string of the molecule is C=C(CC)N=C/C(=C\CCC)C(N)=C(Cl)C(=Nc1ccccc1)NC(=O)C1CCCN(CCOC)C1. The summed E-state index contributed by atoms with van der Waals surface area (Å²) in [5.41, 5.74) is 8.90. The average Bonchev–Trinajstić information content (AvgIpc) is 2.91. The molecule has 0 spiro atoms. The number of nitrogens with one attached hydrogen (secondary N) is 1. The minimum absolute atomic E-state index is 0.120. The number of carbonyl (C=O) groups is 1. The number of amides is 1. The van der Waals surface area contributed by atoms with Crippen molar-refractivity contribution in [3.63, 3.8) is 0 Å². The molecule has 0 aromatic heterocycles. The Kier molecular flexibility index (Phi) is 13.2. The van der Waals surface area contributed by atoms with E-state index in [4.69, 9.17) is 22.1 Å². The highest BCUT2D eigenvalue weighted by molar-refractivity contribution is 6.45. The predicted octanol–water partition coefficient (Wildman–Crippen LogP) is 5.32. The van der Waals surface area contributed by atoms with Gasteiger partial charge in [0.25, 0.3) is 0 Å². The van der Waals surface area contributed by atoms with Gasteiger partial charge in [-0.05, 0) is 44.4 Å². The Labute approximate surface area is 220 Å². The third-order valence-corrected chi connectivity index (χ3v) is 6.31. The lowest BCUT2D eigenvalue weighted by Gasteiger charge is -2.31. The zero-order valence-electron chi connectivity index (χ0n) is 21.8. The lowest BCUT2D eigenvalue weighted by Crippen LogP contribution is -2.45. The molecule has 196 valence electrons. The van der Waals surface area contributed by atoms with Gasteiger partial charge in [-0.3, -0.25) is 9.79 Å². The summed E-state index contributed by atoms with van der Waals surface area (Å²) < 4.78 is 5.20. The van der Waals surface area contributed by atoms with Gasteiger partial charge in [-0.1, -0.05) is 62.7 Å². The number of para-hydroxylation sites is 1. The average molecular weight is 514 g/mol. The third-order valence-electron chi connectivity index (χ3n) is 5.93. The number of allylic oxidation sites excluding steroid dienone is 3. The van der Waals surface area contributed by atoms with Gasteiger partial charge in [0.1, 0.15) is 5.03 Å². The molecule has 0 saturated carbocycles. The van der Waals surface area contributed by atoms with Gasteiger partial charge in [0.15, 0.2) is 5.84 Å². The molecule has 1 heterocycles. The first kappa shape index (κ1) is 29.5. The van der Waals surface area contributed by atoms with Crippen LogP contribution in [0, 0.1) is 5.92 Å². The molecule has 1 unspecified atom stereocenters. The molecule has 36 heavy (non-hydrogen) atoms. The number of carbonyl (C=O) groups excluding carboxylic acids is 1. The van der Waals surface area contributed by atoms with Crippen molar-refractivity contribution in [1.29, 1.82) is 0 Å². The van der Waals surface area contributed by atoms with E-state index in [0.717, 1.165) is 50.9 Å². The van der Waals surface area contributed by atoms with Crippen molar-refractivity contribution in [2.75, 3.05) is 33.4 Å². The van der Waals surface area contributed by atoms with Crippen molar-refractivity contribution in [2.45, 2.75) is 46.0 Å². The highest BCUT2D eigenvalue weighted by Crippen LogP contribution is 2.21. The molecule has 8 heteroatoms. The van der Waals surface area contributed by atoms with E-state index in [0.29, 0.717) is 30.1 Å². The third kappa shape index (κ3) is 9.72. The highest BCUT2D eigenvalue weighted by atomic mass is 35.5. The second-order valence-electron chi connectivity index (χ2n) is 8.77. The fraction of sp³-hybridized carbons (Fsp3) is 0.464. The van der Waals surface area contributed by atoms with Gasteiger partial charge in [-0.2, -0.15) is 0 Å². The molecule has 7 nitrogen and oxygen atoms in total. The van der Waals surface area contributed by atoms with Gasteiger partial charge >= 0.3 is 0 Å². The number of rotatable bonds is 12. The Morgan fingerprint density at radius 2 is 2.08 bits per heavy atom. The van der Waals surface area contributed by atoms with Crippen molar-refractivity contribution in [3.05, 3.63) is 65.0 Å². The van der Waals surface area contributed by atoms with Crippen LogP contribution in [0.1, 0.15) is 46.0 Å². The monoisotopic (exact) mass is 513 g/mol. The van der Waals surface area contributed by atoms with Crippen LogP contribution in [0.3, 0.4) is 0 Å². The first-order chi connectivity index (χ1) is 17.4. The molecule has 1 fully saturated rings. The first-order valence-corrected chi connectivity index (χ1v) is 13.0. The fourth-order valence-corrected chi connectivity index (χ4v) is 3.91. The number of unbranched alkanes of at least 4 members (excludes halogenated alkanes) is 1. The minimum Gasteiger partial charge on any atom is -0.397 e. The number of hydrogen-bond acceptors (Lipinski definition) is 6. The zero-order valence-corrected chi connectivity index (χ0v) is 22.6. The van der Waals surface area contributed by atoms with Gasteiger partial charge < -0.3 is 20.7 Å². The van der Waals surface area contributed by atoms with Gasteiger partial charge in [-0.25, -0.2) is 4.99 Å². The van der Waals surface area contributed by atoms with E-state index in [1.807, 2.05) is 43.3 Å². The maximum absolute atomic E-state index is 13.3. The molecule has 1 aromatic rings. The molecular formula is C28H40ClN5O2. The van der Waals surface area contributed by atoms with Crippen LogP contribution in [0.2, 0.25) is 0 Å². The standard InChI is InChI=1S/C28H40ClN5O2/c1-5-7-12-22(19-31-21(3)6-2)26(30)25(29)27(32-24-14-9-8-10-15-24)33-28(35)23-13-11-16-34(20-23)17-18-36-4/h8-10,12,14-15,19,23H,3,5-7,11,13,16-18,20,30H2,1-2,4H3,(H,32,33,35)/b22-12+,26-25?,31-19?. The van der Waals surface area contributed by atoms with Gasteiger partial charge in [0, 0.05) is 37.7 Å². The summed E-state index contributed by atoms with van der Waals surface area (Å²) in [5.74, 6) is -0.0684. The molecule has 2 rings (SSSR count). The Morgan fingerprint density at radius 3 is 2.75 bits per heavy atom. The molecule has 1 amide bonds.